The number of carbonyl (C=O) groups is 1. The Hall–Kier alpha value is -2.82. The van der Waals surface area contributed by atoms with Crippen molar-refractivity contribution in [1.29, 1.82) is 0 Å². The average Bonchev–Trinajstić information content (AvgIpc) is 2.84. The number of fused-ring (bicyclic) bond motifs is 1. The second-order valence-electron chi connectivity index (χ2n) is 5.78. The third kappa shape index (κ3) is 3.51. The summed E-state index contributed by atoms with van der Waals surface area (Å²) >= 11 is 0. The molecule has 5 heteroatoms. The van der Waals surface area contributed by atoms with E-state index in [1.54, 1.807) is 0 Å². The number of aromatic nitrogens is 2. The van der Waals surface area contributed by atoms with Crippen molar-refractivity contribution in [1.82, 2.24) is 15.3 Å². The molecule has 118 valence electrons. The van der Waals surface area contributed by atoms with Crippen molar-refractivity contribution in [2.24, 2.45) is 0 Å². The SMILES string of the molecule is Cc1cc(NC(=O)NCc2cccc3[nH]c(C)cc23)cc(C)n1. The van der Waals surface area contributed by atoms with E-state index < -0.39 is 0 Å². The van der Waals surface area contributed by atoms with E-state index in [2.05, 4.69) is 26.7 Å². The first-order chi connectivity index (χ1) is 11.0. The highest BCUT2D eigenvalue weighted by Crippen LogP contribution is 2.19. The summed E-state index contributed by atoms with van der Waals surface area (Å²) in [5, 5.41) is 6.89. The maximum atomic E-state index is 12.1. The lowest BCUT2D eigenvalue weighted by Gasteiger charge is -2.09. The lowest BCUT2D eigenvalue weighted by molar-refractivity contribution is 0.252. The van der Waals surface area contributed by atoms with Crippen molar-refractivity contribution < 1.29 is 4.79 Å². The van der Waals surface area contributed by atoms with Gasteiger partial charge in [-0.25, -0.2) is 4.79 Å². The summed E-state index contributed by atoms with van der Waals surface area (Å²) in [5.41, 5.74) is 5.80. The predicted octanol–water partition coefficient (Wildman–Crippen LogP) is 3.81. The minimum Gasteiger partial charge on any atom is -0.359 e. The maximum Gasteiger partial charge on any atom is 0.319 e. The van der Waals surface area contributed by atoms with Crippen LogP contribution in [0.1, 0.15) is 22.6 Å². The van der Waals surface area contributed by atoms with E-state index in [-0.39, 0.29) is 6.03 Å². The molecule has 0 saturated carbocycles. The van der Waals surface area contributed by atoms with Crippen LogP contribution in [0.2, 0.25) is 0 Å². The number of nitrogens with zero attached hydrogens (tertiary/aromatic N) is 1. The van der Waals surface area contributed by atoms with Gasteiger partial charge in [-0.3, -0.25) is 4.98 Å². The number of aryl methyl sites for hydroxylation is 3. The molecule has 0 saturated heterocycles. The number of nitrogens with one attached hydrogen (secondary N) is 3. The maximum absolute atomic E-state index is 12.1. The predicted molar refractivity (Wildman–Crippen MR) is 92.6 cm³/mol. The van der Waals surface area contributed by atoms with Crippen LogP contribution in [0.25, 0.3) is 10.9 Å². The van der Waals surface area contributed by atoms with Crippen LogP contribution in [0.3, 0.4) is 0 Å². The topological polar surface area (TPSA) is 69.8 Å². The number of carbonyl (C=O) groups excluding carboxylic acids is 1. The van der Waals surface area contributed by atoms with Crippen LogP contribution < -0.4 is 10.6 Å². The highest BCUT2D eigenvalue weighted by Gasteiger charge is 2.07. The van der Waals surface area contributed by atoms with Crippen LogP contribution in [0.5, 0.6) is 0 Å². The standard InChI is InChI=1S/C18H20N4O/c1-11-7-15(8-12(2)20-11)22-18(23)19-10-14-5-4-6-17-16(14)9-13(3)21-17/h4-9,21H,10H2,1-3H3,(H2,19,20,22,23). The number of anilines is 1. The smallest absolute Gasteiger partial charge is 0.319 e. The molecule has 0 fully saturated rings. The van der Waals surface area contributed by atoms with Crippen molar-refractivity contribution in [3.63, 3.8) is 0 Å². The molecule has 3 aromatic rings. The van der Waals surface area contributed by atoms with Crippen LogP contribution in [0.15, 0.2) is 36.4 Å². The molecule has 23 heavy (non-hydrogen) atoms. The number of hydrogen-bond acceptors (Lipinski definition) is 2. The highest BCUT2D eigenvalue weighted by atomic mass is 16.2. The third-order valence-electron chi connectivity index (χ3n) is 3.67. The number of pyridine rings is 1. The number of urea groups is 1. The third-order valence-corrected chi connectivity index (χ3v) is 3.67. The molecule has 0 unspecified atom stereocenters. The molecule has 2 amide bonds. The summed E-state index contributed by atoms with van der Waals surface area (Å²) in [6, 6.07) is 11.6. The van der Waals surface area contributed by atoms with Gasteiger partial charge in [0, 0.05) is 40.2 Å². The molecular weight excluding hydrogens is 288 g/mol. The second kappa shape index (κ2) is 6.12. The lowest BCUT2D eigenvalue weighted by Crippen LogP contribution is -2.28. The Morgan fingerprint density at radius 2 is 1.87 bits per heavy atom. The molecule has 2 heterocycles. The minimum absolute atomic E-state index is 0.223. The number of amides is 2. The Labute approximate surface area is 135 Å². The molecule has 0 aliphatic rings. The van der Waals surface area contributed by atoms with Crippen molar-refractivity contribution in [2.75, 3.05) is 5.32 Å². The molecule has 0 atom stereocenters. The highest BCUT2D eigenvalue weighted by molar-refractivity contribution is 5.90. The minimum atomic E-state index is -0.223. The number of hydrogen-bond donors (Lipinski definition) is 3. The molecule has 0 aliphatic carbocycles. The van der Waals surface area contributed by atoms with Crippen LogP contribution in [-0.4, -0.2) is 16.0 Å². The Kier molecular flexibility index (Phi) is 4.02. The van der Waals surface area contributed by atoms with Gasteiger partial charge in [-0.05, 0) is 50.6 Å². The molecule has 3 rings (SSSR count). The normalized spacial score (nSPS) is 10.7. The molecule has 1 aromatic carbocycles. The van der Waals surface area contributed by atoms with Gasteiger partial charge in [0.2, 0.25) is 0 Å². The number of aromatic amines is 1. The zero-order valence-corrected chi connectivity index (χ0v) is 13.5. The summed E-state index contributed by atoms with van der Waals surface area (Å²) < 4.78 is 0. The molecule has 3 N–H and O–H groups in total. The summed E-state index contributed by atoms with van der Waals surface area (Å²) in [5.74, 6) is 0. The zero-order valence-electron chi connectivity index (χ0n) is 13.5. The van der Waals surface area contributed by atoms with E-state index >= 15 is 0 Å². The largest absolute Gasteiger partial charge is 0.359 e. The Morgan fingerprint density at radius 3 is 2.61 bits per heavy atom. The fourth-order valence-corrected chi connectivity index (χ4v) is 2.77. The van der Waals surface area contributed by atoms with E-state index in [1.165, 1.54) is 0 Å². The zero-order chi connectivity index (χ0) is 16.4. The second-order valence-corrected chi connectivity index (χ2v) is 5.78. The first-order valence-corrected chi connectivity index (χ1v) is 7.58. The summed E-state index contributed by atoms with van der Waals surface area (Å²) in [7, 11) is 0. The molecule has 0 aliphatic heterocycles. The van der Waals surface area contributed by atoms with Gasteiger partial charge in [0.15, 0.2) is 0 Å². The van der Waals surface area contributed by atoms with Gasteiger partial charge in [0.1, 0.15) is 0 Å². The van der Waals surface area contributed by atoms with Crippen LogP contribution in [0.4, 0.5) is 10.5 Å². The molecule has 0 radical (unpaired) electrons. The van der Waals surface area contributed by atoms with Crippen LogP contribution in [-0.2, 0) is 6.54 Å². The fourth-order valence-electron chi connectivity index (χ4n) is 2.77. The van der Waals surface area contributed by atoms with Gasteiger partial charge in [0.05, 0.1) is 0 Å². The van der Waals surface area contributed by atoms with Gasteiger partial charge < -0.3 is 15.6 Å². The Balaban J connectivity index is 1.68. The van der Waals surface area contributed by atoms with Crippen LogP contribution in [0, 0.1) is 20.8 Å². The molecule has 0 bridgehead atoms. The van der Waals surface area contributed by atoms with E-state index in [0.717, 1.165) is 39.2 Å². The van der Waals surface area contributed by atoms with Crippen molar-refractivity contribution >= 4 is 22.6 Å². The number of benzene rings is 1. The first-order valence-electron chi connectivity index (χ1n) is 7.58. The van der Waals surface area contributed by atoms with Gasteiger partial charge in [-0.2, -0.15) is 0 Å². The Morgan fingerprint density at radius 1 is 1.13 bits per heavy atom. The van der Waals surface area contributed by atoms with Crippen molar-refractivity contribution in [3.8, 4) is 0 Å². The monoisotopic (exact) mass is 308 g/mol. The summed E-state index contributed by atoms with van der Waals surface area (Å²) in [4.78, 5) is 19.7. The average molecular weight is 308 g/mol. The Bertz CT molecular complexity index is 846. The van der Waals surface area contributed by atoms with Crippen molar-refractivity contribution in [2.45, 2.75) is 27.3 Å². The summed E-state index contributed by atoms with van der Waals surface area (Å²) in [6.07, 6.45) is 0. The van der Waals surface area contributed by atoms with E-state index in [0.29, 0.717) is 6.54 Å². The van der Waals surface area contributed by atoms with E-state index in [1.807, 2.05) is 51.1 Å². The molecule has 5 nitrogen and oxygen atoms in total. The van der Waals surface area contributed by atoms with E-state index in [9.17, 15) is 4.79 Å². The van der Waals surface area contributed by atoms with Gasteiger partial charge in [-0.15, -0.1) is 0 Å². The molecular formula is C18H20N4O. The van der Waals surface area contributed by atoms with Gasteiger partial charge >= 0.3 is 6.03 Å². The lowest BCUT2D eigenvalue weighted by atomic mass is 10.1. The number of rotatable bonds is 3. The molecule has 2 aromatic heterocycles. The van der Waals surface area contributed by atoms with Gasteiger partial charge in [-0.1, -0.05) is 12.1 Å². The summed E-state index contributed by atoms with van der Waals surface area (Å²) in [6.45, 7) is 6.32. The van der Waals surface area contributed by atoms with E-state index in [4.69, 9.17) is 0 Å². The number of H-pyrrole nitrogens is 1. The molecule has 0 spiro atoms. The van der Waals surface area contributed by atoms with Crippen LogP contribution >= 0.6 is 0 Å². The van der Waals surface area contributed by atoms with Crippen molar-refractivity contribution in [3.05, 3.63) is 59.0 Å². The first kappa shape index (κ1) is 15.1. The quantitative estimate of drug-likeness (QED) is 0.688. The fraction of sp³-hybridized carbons (Fsp3) is 0.222. The van der Waals surface area contributed by atoms with Gasteiger partial charge in [0.25, 0.3) is 0 Å².